The minimum Gasteiger partial charge on any atom is -0.497 e. The minimum absolute atomic E-state index is 0.252. The van der Waals surface area contributed by atoms with Crippen LogP contribution >= 0.6 is 0 Å². The zero-order valence-corrected chi connectivity index (χ0v) is 18.6. The molecule has 0 saturated heterocycles. The van der Waals surface area contributed by atoms with Gasteiger partial charge in [-0.25, -0.2) is 10.2 Å². The van der Waals surface area contributed by atoms with E-state index in [1.54, 1.807) is 72.8 Å². The summed E-state index contributed by atoms with van der Waals surface area (Å²) in [5, 5.41) is 6.32. The van der Waals surface area contributed by atoms with Crippen molar-refractivity contribution >= 4 is 29.7 Å². The fourth-order valence-electron chi connectivity index (χ4n) is 2.83. The van der Waals surface area contributed by atoms with Crippen LogP contribution in [-0.2, 0) is 20.9 Å². The van der Waals surface area contributed by atoms with E-state index >= 15 is 0 Å². The number of hydrogen-bond acceptors (Lipinski definition) is 7. The SMILES string of the molecule is COC(=O)c1ccc(COc2ccccc2/C=N/NC(=O)C(=O)Nc2cccc(OC)c2)cc1. The first-order chi connectivity index (χ1) is 16.5. The lowest BCUT2D eigenvalue weighted by atomic mass is 10.1. The van der Waals surface area contributed by atoms with Crippen molar-refractivity contribution in [3.05, 3.63) is 89.5 Å². The number of hydrazone groups is 1. The van der Waals surface area contributed by atoms with E-state index in [0.717, 1.165) is 5.56 Å². The third kappa shape index (κ3) is 6.67. The van der Waals surface area contributed by atoms with Gasteiger partial charge in [0.1, 0.15) is 18.1 Å². The molecule has 9 nitrogen and oxygen atoms in total. The molecule has 0 fully saturated rings. The van der Waals surface area contributed by atoms with Crippen LogP contribution in [-0.4, -0.2) is 38.2 Å². The largest absolute Gasteiger partial charge is 0.497 e. The van der Waals surface area contributed by atoms with Crippen LogP contribution in [0, 0.1) is 0 Å². The van der Waals surface area contributed by atoms with E-state index in [4.69, 9.17) is 9.47 Å². The standard InChI is InChI=1S/C25H23N3O6/c1-32-21-8-5-7-20(14-21)27-23(29)24(30)28-26-15-19-6-3-4-9-22(19)34-16-17-10-12-18(13-11-17)25(31)33-2/h3-15H,16H2,1-2H3,(H,27,29)(H,28,30)/b26-15+. The molecule has 0 aromatic heterocycles. The van der Waals surface area contributed by atoms with Crippen molar-refractivity contribution in [3.63, 3.8) is 0 Å². The van der Waals surface area contributed by atoms with Gasteiger partial charge in [-0.3, -0.25) is 9.59 Å². The smallest absolute Gasteiger partial charge is 0.337 e. The molecule has 174 valence electrons. The number of hydrogen-bond donors (Lipinski definition) is 2. The van der Waals surface area contributed by atoms with Gasteiger partial charge in [0, 0.05) is 17.3 Å². The highest BCUT2D eigenvalue weighted by molar-refractivity contribution is 6.39. The number of anilines is 1. The van der Waals surface area contributed by atoms with E-state index in [2.05, 4.69) is 20.6 Å². The number of ether oxygens (including phenoxy) is 3. The third-order valence-electron chi connectivity index (χ3n) is 4.59. The Kier molecular flexibility index (Phi) is 8.34. The maximum Gasteiger partial charge on any atom is 0.337 e. The summed E-state index contributed by atoms with van der Waals surface area (Å²) in [5.41, 5.74) is 4.51. The number of carbonyl (C=O) groups is 3. The van der Waals surface area contributed by atoms with Crippen molar-refractivity contribution in [2.45, 2.75) is 6.61 Å². The molecule has 2 amide bonds. The molecule has 0 aliphatic carbocycles. The molecule has 34 heavy (non-hydrogen) atoms. The highest BCUT2D eigenvalue weighted by atomic mass is 16.5. The molecule has 3 rings (SSSR count). The molecule has 2 N–H and O–H groups in total. The maximum absolute atomic E-state index is 12.1. The Morgan fingerprint density at radius 2 is 1.68 bits per heavy atom. The van der Waals surface area contributed by atoms with Crippen LogP contribution in [0.25, 0.3) is 0 Å². The molecule has 0 aliphatic heterocycles. The van der Waals surface area contributed by atoms with Crippen LogP contribution in [0.15, 0.2) is 77.9 Å². The van der Waals surface area contributed by atoms with Crippen molar-refractivity contribution in [1.82, 2.24) is 5.43 Å². The molecule has 0 radical (unpaired) electrons. The molecule has 3 aromatic rings. The van der Waals surface area contributed by atoms with Crippen molar-refractivity contribution in [2.75, 3.05) is 19.5 Å². The van der Waals surface area contributed by atoms with Crippen LogP contribution in [0.5, 0.6) is 11.5 Å². The fraction of sp³-hybridized carbons (Fsp3) is 0.120. The first-order valence-corrected chi connectivity index (χ1v) is 10.2. The topological polar surface area (TPSA) is 115 Å². The van der Waals surface area contributed by atoms with E-state index in [9.17, 15) is 14.4 Å². The van der Waals surface area contributed by atoms with E-state index < -0.39 is 17.8 Å². The van der Waals surface area contributed by atoms with Gasteiger partial charge >= 0.3 is 17.8 Å². The summed E-state index contributed by atoms with van der Waals surface area (Å²) in [5.74, 6) is -1.13. The van der Waals surface area contributed by atoms with Crippen molar-refractivity contribution < 1.29 is 28.6 Å². The summed E-state index contributed by atoms with van der Waals surface area (Å²) >= 11 is 0. The molecule has 0 bridgehead atoms. The highest BCUT2D eigenvalue weighted by Crippen LogP contribution is 2.18. The van der Waals surface area contributed by atoms with Gasteiger partial charge in [0.2, 0.25) is 0 Å². The lowest BCUT2D eigenvalue weighted by Crippen LogP contribution is -2.32. The van der Waals surface area contributed by atoms with Crippen LogP contribution in [0.1, 0.15) is 21.5 Å². The number of benzene rings is 3. The Hall–Kier alpha value is -4.66. The predicted molar refractivity (Wildman–Crippen MR) is 126 cm³/mol. The summed E-state index contributed by atoms with van der Waals surface area (Å²) < 4.78 is 15.6. The van der Waals surface area contributed by atoms with Crippen LogP contribution < -0.4 is 20.2 Å². The summed E-state index contributed by atoms with van der Waals surface area (Å²) in [6.45, 7) is 0.252. The quantitative estimate of drug-likeness (QED) is 0.230. The molecule has 0 heterocycles. The Bertz CT molecular complexity index is 1190. The maximum atomic E-state index is 12.1. The van der Waals surface area contributed by atoms with E-state index in [0.29, 0.717) is 28.3 Å². The number of para-hydroxylation sites is 1. The first-order valence-electron chi connectivity index (χ1n) is 10.2. The minimum atomic E-state index is -0.928. The number of methoxy groups -OCH3 is 2. The Balaban J connectivity index is 1.56. The van der Waals surface area contributed by atoms with Gasteiger partial charge in [-0.2, -0.15) is 5.10 Å². The lowest BCUT2D eigenvalue weighted by Gasteiger charge is -2.09. The molecule has 0 spiro atoms. The van der Waals surface area contributed by atoms with Crippen molar-refractivity contribution in [3.8, 4) is 11.5 Å². The lowest BCUT2D eigenvalue weighted by molar-refractivity contribution is -0.136. The average Bonchev–Trinajstić information content (AvgIpc) is 2.88. The Morgan fingerprint density at radius 1 is 0.912 bits per heavy atom. The summed E-state index contributed by atoms with van der Waals surface area (Å²) in [6, 6.07) is 20.6. The third-order valence-corrected chi connectivity index (χ3v) is 4.59. The van der Waals surface area contributed by atoms with Crippen LogP contribution in [0.2, 0.25) is 0 Å². The Morgan fingerprint density at radius 3 is 2.41 bits per heavy atom. The predicted octanol–water partition coefficient (Wildman–Crippen LogP) is 3.15. The Labute approximate surface area is 196 Å². The molecule has 0 atom stereocenters. The van der Waals surface area contributed by atoms with Crippen molar-refractivity contribution in [1.29, 1.82) is 0 Å². The molecule has 0 saturated carbocycles. The molecule has 0 aliphatic rings. The molecular weight excluding hydrogens is 438 g/mol. The average molecular weight is 461 g/mol. The number of nitrogens with one attached hydrogen (secondary N) is 2. The highest BCUT2D eigenvalue weighted by Gasteiger charge is 2.13. The van der Waals surface area contributed by atoms with Gasteiger partial charge in [0.25, 0.3) is 0 Å². The van der Waals surface area contributed by atoms with Crippen molar-refractivity contribution in [2.24, 2.45) is 5.10 Å². The second-order valence-electron chi connectivity index (χ2n) is 6.90. The van der Waals surface area contributed by atoms with Gasteiger partial charge in [0.15, 0.2) is 0 Å². The summed E-state index contributed by atoms with van der Waals surface area (Å²) in [4.78, 5) is 35.7. The first kappa shape index (κ1) is 24.0. The molecular formula is C25H23N3O6. The van der Waals surface area contributed by atoms with Crippen LogP contribution in [0.4, 0.5) is 5.69 Å². The van der Waals surface area contributed by atoms with E-state index in [1.807, 2.05) is 0 Å². The number of nitrogens with zero attached hydrogens (tertiary/aromatic N) is 1. The monoisotopic (exact) mass is 461 g/mol. The van der Waals surface area contributed by atoms with E-state index in [1.165, 1.54) is 20.4 Å². The number of carbonyl (C=O) groups excluding carboxylic acids is 3. The number of rotatable bonds is 8. The van der Waals surface area contributed by atoms with Crippen LogP contribution in [0.3, 0.4) is 0 Å². The fourth-order valence-corrected chi connectivity index (χ4v) is 2.83. The molecule has 3 aromatic carbocycles. The number of amides is 2. The second-order valence-corrected chi connectivity index (χ2v) is 6.90. The zero-order chi connectivity index (χ0) is 24.3. The molecule has 0 unspecified atom stereocenters. The zero-order valence-electron chi connectivity index (χ0n) is 18.6. The second kappa shape index (κ2) is 11.8. The number of esters is 1. The summed E-state index contributed by atoms with van der Waals surface area (Å²) in [7, 11) is 2.83. The summed E-state index contributed by atoms with van der Waals surface area (Å²) in [6.07, 6.45) is 1.38. The van der Waals surface area contributed by atoms with Gasteiger partial charge in [-0.15, -0.1) is 0 Å². The van der Waals surface area contributed by atoms with Gasteiger partial charge in [-0.05, 0) is 42.0 Å². The van der Waals surface area contributed by atoms with Gasteiger partial charge in [-0.1, -0.05) is 30.3 Å². The molecule has 9 heteroatoms. The van der Waals surface area contributed by atoms with Gasteiger partial charge < -0.3 is 19.5 Å². The normalized spacial score (nSPS) is 10.4. The van der Waals surface area contributed by atoms with Gasteiger partial charge in [0.05, 0.1) is 26.0 Å². The van der Waals surface area contributed by atoms with E-state index in [-0.39, 0.29) is 6.61 Å².